The van der Waals surface area contributed by atoms with E-state index in [1.165, 1.54) is 0 Å². The maximum atomic E-state index is 12.5. The van der Waals surface area contributed by atoms with Gasteiger partial charge in [-0.1, -0.05) is 48.6 Å². The van der Waals surface area contributed by atoms with Gasteiger partial charge < -0.3 is 19.9 Å². The Morgan fingerprint density at radius 3 is 2.73 bits per heavy atom. The Morgan fingerprint density at radius 2 is 1.97 bits per heavy atom. The average Bonchev–Trinajstić information content (AvgIpc) is 2.82. The molecule has 0 spiro atoms. The lowest BCUT2D eigenvalue weighted by Gasteiger charge is -2.27. The Morgan fingerprint density at radius 1 is 1.15 bits per heavy atom. The number of fused-ring (bicyclic) bond motifs is 1. The predicted octanol–water partition coefficient (Wildman–Crippen LogP) is 5.00. The van der Waals surface area contributed by atoms with Crippen LogP contribution in [-0.4, -0.2) is 12.6 Å². The lowest BCUT2D eigenvalue weighted by Crippen LogP contribution is -2.21. The monoisotopic (exact) mass is 438 g/mol. The van der Waals surface area contributed by atoms with Crippen LogP contribution in [0, 0.1) is 18.3 Å². The van der Waals surface area contributed by atoms with E-state index in [-0.39, 0.29) is 5.88 Å². The molecule has 0 aliphatic carbocycles. The predicted molar refractivity (Wildman–Crippen MR) is 124 cm³/mol. The van der Waals surface area contributed by atoms with Gasteiger partial charge in [0.25, 0.3) is 0 Å². The fourth-order valence-electron chi connectivity index (χ4n) is 3.72. The molecule has 0 radical (unpaired) electrons. The lowest BCUT2D eigenvalue weighted by molar-refractivity contribution is 0.0734. The number of carbonyl (C=O) groups excluding carboxylic acids is 1. The first-order chi connectivity index (χ1) is 16.0. The van der Waals surface area contributed by atoms with E-state index < -0.39 is 11.9 Å². The minimum absolute atomic E-state index is 0.00886. The van der Waals surface area contributed by atoms with Crippen LogP contribution >= 0.6 is 0 Å². The second-order valence-corrected chi connectivity index (χ2v) is 7.56. The number of allylic oxidation sites excluding steroid dienone is 1. The molecule has 0 aromatic heterocycles. The van der Waals surface area contributed by atoms with Crippen molar-refractivity contribution in [1.82, 2.24) is 0 Å². The molecule has 1 unspecified atom stereocenters. The summed E-state index contributed by atoms with van der Waals surface area (Å²) in [6.45, 7) is 5.93. The number of rotatable bonds is 6. The van der Waals surface area contributed by atoms with Gasteiger partial charge in [0.2, 0.25) is 5.88 Å². The SMILES string of the molecule is C=CCOc1cccc(C2C(C#N)=C(N)Oc3cc(OC(=O)c4cccc(C)c4)ccc32)c1. The van der Waals surface area contributed by atoms with Crippen molar-refractivity contribution in [3.63, 3.8) is 0 Å². The third kappa shape index (κ3) is 4.58. The van der Waals surface area contributed by atoms with Gasteiger partial charge in [-0.3, -0.25) is 0 Å². The van der Waals surface area contributed by atoms with Crippen molar-refractivity contribution in [2.75, 3.05) is 6.61 Å². The first kappa shape index (κ1) is 21.7. The van der Waals surface area contributed by atoms with Crippen LogP contribution in [0.4, 0.5) is 0 Å². The molecule has 164 valence electrons. The number of nitrogens with zero attached hydrogens (tertiary/aromatic N) is 1. The molecule has 1 atom stereocenters. The highest BCUT2D eigenvalue weighted by Gasteiger charge is 2.31. The number of esters is 1. The molecule has 4 rings (SSSR count). The number of nitrogens with two attached hydrogens (primary N) is 1. The molecule has 33 heavy (non-hydrogen) atoms. The van der Waals surface area contributed by atoms with Crippen LogP contribution < -0.4 is 19.9 Å². The summed E-state index contributed by atoms with van der Waals surface area (Å²) in [4.78, 5) is 12.5. The average molecular weight is 438 g/mol. The van der Waals surface area contributed by atoms with Crippen LogP contribution in [0.15, 0.2) is 90.8 Å². The fraction of sp³-hybridized carbons (Fsp3) is 0.111. The molecule has 1 aliphatic heterocycles. The van der Waals surface area contributed by atoms with E-state index in [0.717, 1.165) is 16.7 Å². The minimum Gasteiger partial charge on any atom is -0.490 e. The van der Waals surface area contributed by atoms with E-state index in [2.05, 4.69) is 12.6 Å². The Labute approximate surface area is 192 Å². The van der Waals surface area contributed by atoms with Gasteiger partial charge in [0, 0.05) is 11.6 Å². The number of hydrogen-bond donors (Lipinski definition) is 1. The van der Waals surface area contributed by atoms with E-state index in [4.69, 9.17) is 19.9 Å². The van der Waals surface area contributed by atoms with Crippen LogP contribution in [-0.2, 0) is 0 Å². The summed E-state index contributed by atoms with van der Waals surface area (Å²) in [7, 11) is 0. The summed E-state index contributed by atoms with van der Waals surface area (Å²) in [5, 5.41) is 9.77. The van der Waals surface area contributed by atoms with Gasteiger partial charge in [0.1, 0.15) is 35.5 Å². The molecular formula is C27H22N2O4. The van der Waals surface area contributed by atoms with E-state index in [9.17, 15) is 10.1 Å². The van der Waals surface area contributed by atoms with Crippen LogP contribution in [0.1, 0.15) is 33.0 Å². The quantitative estimate of drug-likeness (QED) is 0.331. The smallest absolute Gasteiger partial charge is 0.343 e. The third-order valence-corrected chi connectivity index (χ3v) is 5.21. The van der Waals surface area contributed by atoms with Crippen LogP contribution in [0.3, 0.4) is 0 Å². The first-order valence-electron chi connectivity index (χ1n) is 10.3. The Balaban J connectivity index is 1.68. The Kier molecular flexibility index (Phi) is 6.14. The first-order valence-corrected chi connectivity index (χ1v) is 10.3. The van der Waals surface area contributed by atoms with Crippen LogP contribution in [0.2, 0.25) is 0 Å². The number of hydrogen-bond acceptors (Lipinski definition) is 6. The van der Waals surface area contributed by atoms with E-state index in [0.29, 0.717) is 35.0 Å². The number of carbonyl (C=O) groups is 1. The van der Waals surface area contributed by atoms with Gasteiger partial charge >= 0.3 is 5.97 Å². The summed E-state index contributed by atoms with van der Waals surface area (Å²) < 4.78 is 16.9. The molecule has 0 bridgehead atoms. The van der Waals surface area contributed by atoms with Crippen molar-refractivity contribution in [2.45, 2.75) is 12.8 Å². The minimum atomic E-state index is -0.473. The molecule has 6 nitrogen and oxygen atoms in total. The number of nitriles is 1. The maximum Gasteiger partial charge on any atom is 0.343 e. The van der Waals surface area contributed by atoms with Crippen LogP contribution in [0.5, 0.6) is 17.2 Å². The topological polar surface area (TPSA) is 94.6 Å². The summed E-state index contributed by atoms with van der Waals surface area (Å²) >= 11 is 0. The molecule has 6 heteroatoms. The molecular weight excluding hydrogens is 416 g/mol. The van der Waals surface area contributed by atoms with Gasteiger partial charge in [-0.25, -0.2) is 4.79 Å². The second kappa shape index (κ2) is 9.33. The van der Waals surface area contributed by atoms with Crippen molar-refractivity contribution < 1.29 is 19.0 Å². The summed E-state index contributed by atoms with van der Waals surface area (Å²) in [6, 6.07) is 21.8. The molecule has 3 aromatic rings. The molecule has 0 amide bonds. The molecule has 1 heterocycles. The van der Waals surface area contributed by atoms with Gasteiger partial charge in [-0.15, -0.1) is 0 Å². The number of ether oxygens (including phenoxy) is 3. The van der Waals surface area contributed by atoms with E-state index in [1.807, 2.05) is 37.3 Å². The third-order valence-electron chi connectivity index (χ3n) is 5.21. The van der Waals surface area contributed by atoms with Gasteiger partial charge in [0.05, 0.1) is 11.5 Å². The van der Waals surface area contributed by atoms with Crippen LogP contribution in [0.25, 0.3) is 0 Å². The van der Waals surface area contributed by atoms with E-state index >= 15 is 0 Å². The van der Waals surface area contributed by atoms with Crippen molar-refractivity contribution in [3.8, 4) is 23.3 Å². The van der Waals surface area contributed by atoms with E-state index in [1.54, 1.807) is 42.5 Å². The second-order valence-electron chi connectivity index (χ2n) is 7.56. The van der Waals surface area contributed by atoms with Crippen molar-refractivity contribution in [1.29, 1.82) is 5.26 Å². The van der Waals surface area contributed by atoms with Crippen molar-refractivity contribution in [3.05, 3.63) is 113 Å². The van der Waals surface area contributed by atoms with Gasteiger partial charge in [-0.2, -0.15) is 5.26 Å². The molecule has 1 aliphatic rings. The fourth-order valence-corrected chi connectivity index (χ4v) is 3.72. The Hall–Kier alpha value is -4.50. The highest BCUT2D eigenvalue weighted by atomic mass is 16.5. The zero-order valence-electron chi connectivity index (χ0n) is 18.1. The maximum absolute atomic E-state index is 12.5. The molecule has 3 aromatic carbocycles. The summed E-state index contributed by atoms with van der Waals surface area (Å²) in [5.74, 6) is 0.472. The molecule has 0 saturated carbocycles. The van der Waals surface area contributed by atoms with Gasteiger partial charge in [-0.05, 0) is 42.8 Å². The number of benzene rings is 3. The zero-order chi connectivity index (χ0) is 23.4. The lowest BCUT2D eigenvalue weighted by atomic mass is 9.83. The van der Waals surface area contributed by atoms with Crippen molar-refractivity contribution >= 4 is 5.97 Å². The highest BCUT2D eigenvalue weighted by molar-refractivity contribution is 5.91. The molecule has 0 fully saturated rings. The standard InChI is InChI=1S/C27H22N2O4/c1-3-12-31-20-9-5-7-18(14-20)25-22-11-10-21(15-24(22)33-26(29)23(25)16-28)32-27(30)19-8-4-6-17(2)13-19/h3-11,13-15,25H,1,12,29H2,2H3. The normalized spacial score (nSPS) is 14.5. The highest BCUT2D eigenvalue weighted by Crippen LogP contribution is 2.44. The molecule has 0 saturated heterocycles. The summed E-state index contributed by atoms with van der Waals surface area (Å²) in [5.41, 5.74) is 9.36. The van der Waals surface area contributed by atoms with Crippen molar-refractivity contribution in [2.24, 2.45) is 5.73 Å². The zero-order valence-corrected chi connectivity index (χ0v) is 18.1. The summed E-state index contributed by atoms with van der Waals surface area (Å²) in [6.07, 6.45) is 1.66. The largest absolute Gasteiger partial charge is 0.490 e. The van der Waals surface area contributed by atoms with Gasteiger partial charge in [0.15, 0.2) is 0 Å². The Bertz CT molecular complexity index is 1300. The molecule has 2 N–H and O–H groups in total. The number of aryl methyl sites for hydroxylation is 1.